The molecule has 0 saturated carbocycles. The van der Waals surface area contributed by atoms with Gasteiger partial charge in [-0.2, -0.15) is 0 Å². The zero-order valence-electron chi connectivity index (χ0n) is 11.6. The highest BCUT2D eigenvalue weighted by Gasteiger charge is 2.11. The van der Waals surface area contributed by atoms with Crippen molar-refractivity contribution in [3.05, 3.63) is 28.2 Å². The lowest BCUT2D eigenvalue weighted by Crippen LogP contribution is -2.23. The van der Waals surface area contributed by atoms with Crippen molar-refractivity contribution in [2.24, 2.45) is 0 Å². The first kappa shape index (κ1) is 15.2. The Kier molecular flexibility index (Phi) is 5.34. The Morgan fingerprint density at radius 3 is 2.90 bits per heavy atom. The van der Waals surface area contributed by atoms with E-state index in [4.69, 9.17) is 11.6 Å². The first-order valence-corrected chi connectivity index (χ1v) is 7.80. The fourth-order valence-electron chi connectivity index (χ4n) is 1.77. The summed E-state index contributed by atoms with van der Waals surface area (Å²) in [6, 6.07) is 5.35. The highest BCUT2D eigenvalue weighted by molar-refractivity contribution is 7.14. The summed E-state index contributed by atoms with van der Waals surface area (Å²) < 4.78 is 0. The quantitative estimate of drug-likeness (QED) is 0.802. The largest absolute Gasteiger partial charge is 0.508 e. The van der Waals surface area contributed by atoms with Crippen LogP contribution in [-0.4, -0.2) is 27.9 Å². The SMILES string of the molecule is CC(C)NCCCc1nnc(-c2cc(O)ccc2Cl)s1. The van der Waals surface area contributed by atoms with Gasteiger partial charge in [-0.3, -0.25) is 0 Å². The average Bonchev–Trinajstić information content (AvgIpc) is 2.86. The average molecular weight is 312 g/mol. The molecule has 0 amide bonds. The first-order valence-electron chi connectivity index (χ1n) is 6.61. The molecule has 6 heteroatoms. The lowest BCUT2D eigenvalue weighted by atomic mass is 10.2. The van der Waals surface area contributed by atoms with Crippen molar-refractivity contribution in [3.63, 3.8) is 0 Å². The topological polar surface area (TPSA) is 58.0 Å². The van der Waals surface area contributed by atoms with Crippen LogP contribution in [0, 0.1) is 0 Å². The summed E-state index contributed by atoms with van der Waals surface area (Å²) in [6.45, 7) is 5.24. The molecule has 0 fully saturated rings. The Hall–Kier alpha value is -1.17. The minimum absolute atomic E-state index is 0.183. The summed E-state index contributed by atoms with van der Waals surface area (Å²) in [5.41, 5.74) is 0.732. The Morgan fingerprint density at radius 1 is 1.35 bits per heavy atom. The molecular formula is C14H18ClN3OS. The number of benzene rings is 1. The van der Waals surface area contributed by atoms with Gasteiger partial charge in [0.1, 0.15) is 15.8 Å². The summed E-state index contributed by atoms with van der Waals surface area (Å²) in [4.78, 5) is 0. The van der Waals surface area contributed by atoms with E-state index >= 15 is 0 Å². The van der Waals surface area contributed by atoms with E-state index in [1.165, 1.54) is 11.3 Å². The predicted octanol–water partition coefficient (Wildman–Crippen LogP) is 3.49. The van der Waals surface area contributed by atoms with Crippen LogP contribution in [0.1, 0.15) is 25.3 Å². The molecule has 0 bridgehead atoms. The number of nitrogens with zero attached hydrogens (tertiary/aromatic N) is 2. The fraction of sp³-hybridized carbons (Fsp3) is 0.429. The molecule has 1 aromatic carbocycles. The van der Waals surface area contributed by atoms with Gasteiger partial charge < -0.3 is 10.4 Å². The summed E-state index contributed by atoms with van der Waals surface area (Å²) in [7, 11) is 0. The maximum atomic E-state index is 9.52. The molecule has 0 unspecified atom stereocenters. The van der Waals surface area contributed by atoms with E-state index in [1.54, 1.807) is 18.2 Å². The predicted molar refractivity (Wildman–Crippen MR) is 83.5 cm³/mol. The molecule has 0 aliphatic rings. The summed E-state index contributed by atoms with van der Waals surface area (Å²) in [5, 5.41) is 23.5. The number of hydrogen-bond acceptors (Lipinski definition) is 5. The molecule has 2 aromatic rings. The Bertz CT molecular complexity index is 571. The van der Waals surface area contributed by atoms with Crippen LogP contribution in [0.3, 0.4) is 0 Å². The third-order valence-electron chi connectivity index (χ3n) is 2.77. The van der Waals surface area contributed by atoms with E-state index in [1.807, 2.05) is 0 Å². The highest BCUT2D eigenvalue weighted by atomic mass is 35.5. The summed E-state index contributed by atoms with van der Waals surface area (Å²) in [5.74, 6) is 0.183. The number of hydrogen-bond donors (Lipinski definition) is 2. The van der Waals surface area contributed by atoms with Gasteiger partial charge in [-0.05, 0) is 31.2 Å². The van der Waals surface area contributed by atoms with Crippen LogP contribution >= 0.6 is 22.9 Å². The molecule has 108 valence electrons. The van der Waals surface area contributed by atoms with Crippen molar-refractivity contribution in [2.75, 3.05) is 6.54 Å². The lowest BCUT2D eigenvalue weighted by Gasteiger charge is -2.05. The van der Waals surface area contributed by atoms with Crippen LogP contribution < -0.4 is 5.32 Å². The van der Waals surface area contributed by atoms with E-state index in [9.17, 15) is 5.11 Å². The van der Waals surface area contributed by atoms with Gasteiger partial charge >= 0.3 is 0 Å². The lowest BCUT2D eigenvalue weighted by molar-refractivity contribution is 0.475. The Morgan fingerprint density at radius 2 is 2.15 bits per heavy atom. The summed E-state index contributed by atoms with van der Waals surface area (Å²) in [6.07, 6.45) is 1.93. The van der Waals surface area contributed by atoms with E-state index < -0.39 is 0 Å². The van der Waals surface area contributed by atoms with Crippen molar-refractivity contribution in [3.8, 4) is 16.3 Å². The van der Waals surface area contributed by atoms with Crippen molar-refractivity contribution < 1.29 is 5.11 Å². The Balaban J connectivity index is 2.00. The fourth-order valence-corrected chi connectivity index (χ4v) is 2.95. The van der Waals surface area contributed by atoms with Gasteiger partial charge in [0.05, 0.1) is 5.02 Å². The van der Waals surface area contributed by atoms with Crippen LogP contribution in [0.25, 0.3) is 10.6 Å². The van der Waals surface area contributed by atoms with Crippen LogP contribution in [-0.2, 0) is 6.42 Å². The van der Waals surface area contributed by atoms with Gasteiger partial charge in [-0.1, -0.05) is 36.8 Å². The third-order valence-corrected chi connectivity index (χ3v) is 4.11. The van der Waals surface area contributed by atoms with E-state index in [-0.39, 0.29) is 5.75 Å². The van der Waals surface area contributed by atoms with E-state index in [0.717, 1.165) is 35.0 Å². The maximum Gasteiger partial charge on any atom is 0.149 e. The number of rotatable bonds is 6. The standard InChI is InChI=1S/C14H18ClN3OS/c1-9(2)16-7-3-4-13-17-18-14(20-13)11-8-10(19)5-6-12(11)15/h5-6,8-9,16,19H,3-4,7H2,1-2H3. The molecule has 0 spiro atoms. The van der Waals surface area contributed by atoms with Crippen molar-refractivity contribution in [1.29, 1.82) is 0 Å². The second-order valence-corrected chi connectivity index (χ2v) is 6.35. The molecule has 0 atom stereocenters. The molecule has 0 radical (unpaired) electrons. The van der Waals surface area contributed by atoms with E-state index in [2.05, 4.69) is 29.4 Å². The van der Waals surface area contributed by atoms with Gasteiger partial charge in [0.25, 0.3) is 0 Å². The maximum absolute atomic E-state index is 9.52. The number of aromatic nitrogens is 2. The van der Waals surface area contributed by atoms with Gasteiger partial charge in [0.2, 0.25) is 0 Å². The molecular weight excluding hydrogens is 294 g/mol. The van der Waals surface area contributed by atoms with Crippen LogP contribution in [0.4, 0.5) is 0 Å². The second kappa shape index (κ2) is 7.02. The second-order valence-electron chi connectivity index (χ2n) is 4.88. The number of nitrogens with one attached hydrogen (secondary N) is 1. The molecule has 0 aliphatic heterocycles. The van der Waals surface area contributed by atoms with Crippen molar-refractivity contribution in [1.82, 2.24) is 15.5 Å². The smallest absolute Gasteiger partial charge is 0.149 e. The molecule has 0 saturated heterocycles. The third kappa shape index (κ3) is 4.16. The normalized spacial score (nSPS) is 11.2. The summed E-state index contributed by atoms with van der Waals surface area (Å²) >= 11 is 7.64. The molecule has 4 nitrogen and oxygen atoms in total. The number of aromatic hydroxyl groups is 1. The minimum Gasteiger partial charge on any atom is -0.508 e. The highest BCUT2D eigenvalue weighted by Crippen LogP contribution is 2.33. The van der Waals surface area contributed by atoms with Crippen LogP contribution in [0.15, 0.2) is 18.2 Å². The van der Waals surface area contributed by atoms with Crippen molar-refractivity contribution >= 4 is 22.9 Å². The van der Waals surface area contributed by atoms with Gasteiger partial charge in [0, 0.05) is 18.0 Å². The first-order chi connectivity index (χ1) is 9.56. The molecule has 2 N–H and O–H groups in total. The van der Waals surface area contributed by atoms with Gasteiger partial charge in [-0.25, -0.2) is 0 Å². The minimum atomic E-state index is 0.183. The van der Waals surface area contributed by atoms with E-state index in [0.29, 0.717) is 11.1 Å². The van der Waals surface area contributed by atoms with Gasteiger partial charge in [-0.15, -0.1) is 10.2 Å². The molecule has 20 heavy (non-hydrogen) atoms. The molecule has 1 aromatic heterocycles. The number of halogens is 1. The van der Waals surface area contributed by atoms with Crippen LogP contribution in [0.5, 0.6) is 5.75 Å². The number of aryl methyl sites for hydroxylation is 1. The molecule has 0 aliphatic carbocycles. The Labute approximate surface area is 127 Å². The molecule has 2 rings (SSSR count). The molecule has 1 heterocycles. The van der Waals surface area contributed by atoms with Gasteiger partial charge in [0.15, 0.2) is 0 Å². The number of phenolic OH excluding ortho intramolecular Hbond substituents is 1. The van der Waals surface area contributed by atoms with Crippen LogP contribution in [0.2, 0.25) is 5.02 Å². The van der Waals surface area contributed by atoms with Crippen molar-refractivity contribution in [2.45, 2.75) is 32.7 Å². The zero-order valence-corrected chi connectivity index (χ0v) is 13.1. The zero-order chi connectivity index (χ0) is 14.5. The monoisotopic (exact) mass is 311 g/mol. The number of phenols is 1.